The average Bonchev–Trinajstić information content (AvgIpc) is 1.66. The van der Waals surface area contributed by atoms with Gasteiger partial charge < -0.3 is 3.79 Å². The van der Waals surface area contributed by atoms with Crippen LogP contribution in [0.5, 0.6) is 0 Å². The molecule has 0 rings (SSSR count). The third-order valence-corrected chi connectivity index (χ3v) is 2.33. The first kappa shape index (κ1) is 8.97. The summed E-state index contributed by atoms with van der Waals surface area (Å²) in [5.74, 6) is 2.12. The molecule has 0 aliphatic carbocycles. The third kappa shape index (κ3) is 6.97. The lowest BCUT2D eigenvalue weighted by Gasteiger charge is -1.99. The molecule has 0 aromatic carbocycles. The lowest BCUT2D eigenvalue weighted by molar-refractivity contribution is 0.326. The molecule has 8 heavy (non-hydrogen) atoms. The molecule has 0 saturated heterocycles. The molecule has 0 heterocycles. The standard InChI is InChI=1S/C4H9O.CH3.Al.BrH/c1-2-3-4-5;;;/h2-4H2,1H3;1H3;;1H/q-1;;+2;/p-1. The molecule has 3 heteroatoms. The quantitative estimate of drug-likeness (QED) is 0.494. The highest BCUT2D eigenvalue weighted by atomic mass is 79.9. The van der Waals surface area contributed by atoms with Gasteiger partial charge in [0.2, 0.25) is 0 Å². The van der Waals surface area contributed by atoms with Gasteiger partial charge in [0.25, 0.3) is 0 Å². The highest BCUT2D eigenvalue weighted by Crippen LogP contribution is 1.96. The van der Waals surface area contributed by atoms with E-state index in [1.807, 2.05) is 0 Å². The molecule has 1 nitrogen and oxygen atoms in total. The molecule has 0 aliphatic heterocycles. The topological polar surface area (TPSA) is 9.23 Å². The predicted molar refractivity (Wildman–Crippen MR) is 41.4 cm³/mol. The molecule has 0 N–H and O–H groups in total. The molecule has 0 amide bonds. The van der Waals surface area contributed by atoms with Crippen LogP contribution in [0.2, 0.25) is 5.79 Å². The van der Waals surface area contributed by atoms with E-state index in [2.05, 4.69) is 26.8 Å². The maximum absolute atomic E-state index is 5.34. The summed E-state index contributed by atoms with van der Waals surface area (Å²) in [5, 5.41) is 0. The zero-order valence-corrected chi connectivity index (χ0v) is 8.23. The number of rotatable bonds is 4. The highest BCUT2D eigenvalue weighted by molar-refractivity contribution is 9.24. The molecule has 0 fully saturated rings. The Hall–Kier alpha value is 0.972. The Balaban J connectivity index is 2.72. The van der Waals surface area contributed by atoms with Crippen LogP contribution in [-0.4, -0.2) is 19.3 Å². The minimum absolute atomic E-state index is 0.890. The fourth-order valence-electron chi connectivity index (χ4n) is 0.390. The second kappa shape index (κ2) is 6.10. The highest BCUT2D eigenvalue weighted by Gasteiger charge is 2.04. The summed E-state index contributed by atoms with van der Waals surface area (Å²) in [6, 6.07) is 0. The number of hydrogen-bond donors (Lipinski definition) is 0. The van der Waals surface area contributed by atoms with Gasteiger partial charge in [0, 0.05) is 6.61 Å². The predicted octanol–water partition coefficient (Wildman–Crippen LogP) is 2.32. The minimum atomic E-state index is -0.890. The first-order valence-electron chi connectivity index (χ1n) is 3.03. The zero-order chi connectivity index (χ0) is 6.41. The van der Waals surface area contributed by atoms with Crippen LogP contribution in [0.25, 0.3) is 0 Å². The zero-order valence-electron chi connectivity index (χ0n) is 5.48. The smallest absolute Gasteiger partial charge is 0.492 e. The monoisotopic (exact) mass is 194 g/mol. The Bertz CT molecular complexity index is 49.7. The van der Waals surface area contributed by atoms with E-state index in [4.69, 9.17) is 3.79 Å². The lowest BCUT2D eigenvalue weighted by atomic mass is 10.4. The molecule has 0 aromatic heterocycles. The van der Waals surface area contributed by atoms with Crippen LogP contribution < -0.4 is 0 Å². The maximum Gasteiger partial charge on any atom is 0.553 e. The molecule has 0 spiro atoms. The SMILES string of the molecule is CCCC[O][Al]([CH3])[Br]. The average molecular weight is 195 g/mol. The number of hydrogen-bond acceptors (Lipinski definition) is 1. The van der Waals surface area contributed by atoms with Crippen LogP contribution in [0.4, 0.5) is 0 Å². The Kier molecular flexibility index (Phi) is 6.84. The summed E-state index contributed by atoms with van der Waals surface area (Å²) in [7, 11) is 0. The second-order valence-electron chi connectivity index (χ2n) is 1.77. The third-order valence-electron chi connectivity index (χ3n) is 0.845. The van der Waals surface area contributed by atoms with Crippen LogP contribution in [0.1, 0.15) is 19.8 Å². The van der Waals surface area contributed by atoms with Gasteiger partial charge in [0.05, 0.1) is 0 Å². The molecule has 0 saturated carbocycles. The van der Waals surface area contributed by atoms with Crippen molar-refractivity contribution in [2.45, 2.75) is 25.6 Å². The van der Waals surface area contributed by atoms with Gasteiger partial charge in [-0.2, -0.15) is 14.1 Å². The van der Waals surface area contributed by atoms with Gasteiger partial charge in [-0.3, -0.25) is 0 Å². The molecular weight excluding hydrogens is 183 g/mol. The van der Waals surface area contributed by atoms with E-state index in [1.54, 1.807) is 0 Å². The van der Waals surface area contributed by atoms with Crippen LogP contribution in [0.3, 0.4) is 0 Å². The fourth-order valence-corrected chi connectivity index (χ4v) is 1.44. The van der Waals surface area contributed by atoms with Crippen molar-refractivity contribution in [1.29, 1.82) is 0 Å². The van der Waals surface area contributed by atoms with Crippen molar-refractivity contribution in [2.24, 2.45) is 0 Å². The summed E-state index contributed by atoms with van der Waals surface area (Å²) in [5.41, 5.74) is 0. The molecule has 0 atom stereocenters. The Morgan fingerprint density at radius 3 is 2.62 bits per heavy atom. The summed E-state index contributed by atoms with van der Waals surface area (Å²) < 4.78 is 5.34. The second-order valence-corrected chi connectivity index (χ2v) is 7.06. The van der Waals surface area contributed by atoms with Crippen LogP contribution in [0.15, 0.2) is 0 Å². The molecule has 0 aromatic rings. The Labute approximate surface area is 62.8 Å². The van der Waals surface area contributed by atoms with Crippen molar-refractivity contribution < 1.29 is 3.79 Å². The van der Waals surface area contributed by atoms with E-state index >= 15 is 0 Å². The van der Waals surface area contributed by atoms with Crippen LogP contribution >= 0.6 is 14.1 Å². The minimum Gasteiger partial charge on any atom is -0.492 e. The van der Waals surface area contributed by atoms with E-state index in [9.17, 15) is 0 Å². The summed E-state index contributed by atoms with van der Waals surface area (Å²) in [6.45, 7) is 3.11. The Morgan fingerprint density at radius 1 is 1.62 bits per heavy atom. The van der Waals surface area contributed by atoms with Crippen LogP contribution in [-0.2, 0) is 3.79 Å². The first-order chi connectivity index (χ1) is 3.77. The van der Waals surface area contributed by atoms with E-state index in [0.717, 1.165) is 6.61 Å². The summed E-state index contributed by atoms with van der Waals surface area (Å²) >= 11 is 2.53. The normalized spacial score (nSPS) is 9.38. The number of halogens is 1. The summed E-state index contributed by atoms with van der Waals surface area (Å²) in [6.07, 6.45) is 2.43. The van der Waals surface area contributed by atoms with Crippen molar-refractivity contribution >= 4 is 26.7 Å². The van der Waals surface area contributed by atoms with Gasteiger partial charge in [-0.1, -0.05) is 19.1 Å². The molecular formula is C5H12AlBrO. The van der Waals surface area contributed by atoms with Gasteiger partial charge in [-0.25, -0.2) is 0 Å². The Morgan fingerprint density at radius 2 is 2.25 bits per heavy atom. The van der Waals surface area contributed by atoms with Crippen molar-refractivity contribution in [3.05, 3.63) is 0 Å². The fraction of sp³-hybridized carbons (Fsp3) is 1.00. The molecule has 0 unspecified atom stereocenters. The lowest BCUT2D eigenvalue weighted by Crippen LogP contribution is -2.04. The van der Waals surface area contributed by atoms with Crippen molar-refractivity contribution in [3.63, 3.8) is 0 Å². The van der Waals surface area contributed by atoms with Crippen molar-refractivity contribution in [3.8, 4) is 0 Å². The van der Waals surface area contributed by atoms with Gasteiger partial charge in [0.15, 0.2) is 0 Å². The van der Waals surface area contributed by atoms with E-state index in [-0.39, 0.29) is 0 Å². The molecule has 0 aliphatic rings. The first-order valence-corrected chi connectivity index (χ1v) is 7.84. The van der Waals surface area contributed by atoms with Gasteiger partial charge in [0.1, 0.15) is 0 Å². The van der Waals surface area contributed by atoms with Gasteiger partial charge >= 0.3 is 12.7 Å². The summed E-state index contributed by atoms with van der Waals surface area (Å²) in [4.78, 5) is 0. The van der Waals surface area contributed by atoms with E-state index < -0.39 is 12.7 Å². The van der Waals surface area contributed by atoms with E-state index in [0.29, 0.717) is 0 Å². The van der Waals surface area contributed by atoms with Crippen molar-refractivity contribution in [2.75, 3.05) is 6.61 Å². The van der Waals surface area contributed by atoms with E-state index in [1.165, 1.54) is 12.8 Å². The maximum atomic E-state index is 5.34. The van der Waals surface area contributed by atoms with Crippen LogP contribution in [0, 0.1) is 0 Å². The molecule has 48 valence electrons. The van der Waals surface area contributed by atoms with Gasteiger partial charge in [-0.05, 0) is 6.42 Å². The largest absolute Gasteiger partial charge is 0.553 e. The molecule has 0 bridgehead atoms. The van der Waals surface area contributed by atoms with Gasteiger partial charge in [-0.15, -0.1) is 0 Å². The number of unbranched alkanes of at least 4 members (excludes halogenated alkanes) is 1. The molecule has 0 radical (unpaired) electrons. The van der Waals surface area contributed by atoms with Crippen molar-refractivity contribution in [1.82, 2.24) is 0 Å².